The first kappa shape index (κ1) is 16.0. The van der Waals surface area contributed by atoms with Crippen molar-refractivity contribution >= 4 is 18.3 Å². The Labute approximate surface area is 121 Å². The van der Waals surface area contributed by atoms with Gasteiger partial charge < -0.3 is 10.6 Å². The second kappa shape index (κ2) is 6.40. The number of nitrogens with zero attached hydrogens (tertiary/aromatic N) is 1. The van der Waals surface area contributed by atoms with Crippen LogP contribution in [0.2, 0.25) is 0 Å². The lowest BCUT2D eigenvalue weighted by Crippen LogP contribution is -2.39. The van der Waals surface area contributed by atoms with E-state index in [0.29, 0.717) is 6.54 Å². The first-order valence-corrected chi connectivity index (χ1v) is 6.77. The molecule has 106 valence electrons. The van der Waals surface area contributed by atoms with Gasteiger partial charge in [0, 0.05) is 19.6 Å². The summed E-state index contributed by atoms with van der Waals surface area (Å²) in [7, 11) is 0. The molecule has 1 aliphatic carbocycles. The van der Waals surface area contributed by atoms with Crippen molar-refractivity contribution in [2.24, 2.45) is 5.73 Å². The highest BCUT2D eigenvalue weighted by Gasteiger charge is 2.53. The Morgan fingerprint density at radius 3 is 2.32 bits per heavy atom. The Morgan fingerprint density at radius 2 is 1.84 bits per heavy atom. The summed E-state index contributed by atoms with van der Waals surface area (Å²) >= 11 is 0. The second-order valence-electron chi connectivity index (χ2n) is 4.92. The fourth-order valence-electron chi connectivity index (χ4n) is 2.70. The van der Waals surface area contributed by atoms with Crippen molar-refractivity contribution in [1.82, 2.24) is 4.90 Å². The average Bonchev–Trinajstić information content (AvgIpc) is 3.21. The van der Waals surface area contributed by atoms with Gasteiger partial charge in [-0.05, 0) is 37.8 Å². The summed E-state index contributed by atoms with van der Waals surface area (Å²) in [5, 5.41) is 0. The van der Waals surface area contributed by atoms with E-state index in [-0.39, 0.29) is 23.7 Å². The van der Waals surface area contributed by atoms with Gasteiger partial charge in [0.2, 0.25) is 5.91 Å². The zero-order valence-electron chi connectivity index (χ0n) is 11.7. The zero-order chi connectivity index (χ0) is 13.2. The van der Waals surface area contributed by atoms with Crippen LogP contribution in [0.5, 0.6) is 0 Å². The smallest absolute Gasteiger partial charge is 0.233 e. The number of carbonyl (C=O) groups is 1. The molecule has 0 unspecified atom stereocenters. The molecule has 0 aromatic heterocycles. The molecule has 0 saturated heterocycles. The SMILES string of the molecule is CCN(CC)C(=O)C1(c2ccccc2CN)CC1.Cl. The molecule has 0 radical (unpaired) electrons. The van der Waals surface area contributed by atoms with E-state index in [2.05, 4.69) is 6.07 Å². The number of amides is 1. The molecule has 0 atom stereocenters. The number of hydrogen-bond acceptors (Lipinski definition) is 2. The molecule has 1 fully saturated rings. The molecule has 0 aliphatic heterocycles. The van der Waals surface area contributed by atoms with E-state index in [4.69, 9.17) is 5.73 Å². The van der Waals surface area contributed by atoms with Crippen LogP contribution in [-0.4, -0.2) is 23.9 Å². The maximum Gasteiger partial charge on any atom is 0.233 e. The lowest BCUT2D eigenvalue weighted by atomic mass is 9.90. The van der Waals surface area contributed by atoms with Crippen LogP contribution in [-0.2, 0) is 16.8 Å². The predicted octanol–water partition coefficient (Wildman–Crippen LogP) is 2.47. The third kappa shape index (κ3) is 2.77. The number of rotatable bonds is 5. The molecular formula is C15H23ClN2O. The highest BCUT2D eigenvalue weighted by atomic mass is 35.5. The summed E-state index contributed by atoms with van der Waals surface area (Å²) in [5.41, 5.74) is 7.77. The van der Waals surface area contributed by atoms with Gasteiger partial charge in [-0.2, -0.15) is 0 Å². The maximum atomic E-state index is 12.6. The van der Waals surface area contributed by atoms with Crippen molar-refractivity contribution in [3.63, 3.8) is 0 Å². The summed E-state index contributed by atoms with van der Waals surface area (Å²) in [6.07, 6.45) is 1.92. The van der Waals surface area contributed by atoms with Crippen LogP contribution in [0, 0.1) is 0 Å². The van der Waals surface area contributed by atoms with Gasteiger partial charge in [0.05, 0.1) is 5.41 Å². The van der Waals surface area contributed by atoms with Gasteiger partial charge in [-0.15, -0.1) is 12.4 Å². The quantitative estimate of drug-likeness (QED) is 0.902. The van der Waals surface area contributed by atoms with Crippen LogP contribution in [0.1, 0.15) is 37.8 Å². The Balaban J connectivity index is 0.00000180. The lowest BCUT2D eigenvalue weighted by molar-refractivity contribution is -0.133. The molecule has 1 aromatic carbocycles. The van der Waals surface area contributed by atoms with Crippen LogP contribution in [0.15, 0.2) is 24.3 Å². The summed E-state index contributed by atoms with van der Waals surface area (Å²) in [5.74, 6) is 0.272. The van der Waals surface area contributed by atoms with Gasteiger partial charge in [0.15, 0.2) is 0 Å². The molecule has 0 spiro atoms. The molecule has 4 heteroatoms. The molecule has 3 nitrogen and oxygen atoms in total. The van der Waals surface area contributed by atoms with Crippen LogP contribution >= 0.6 is 12.4 Å². The van der Waals surface area contributed by atoms with Gasteiger partial charge in [0.25, 0.3) is 0 Å². The number of likely N-dealkylation sites (N-methyl/N-ethyl adjacent to an activating group) is 1. The van der Waals surface area contributed by atoms with E-state index in [9.17, 15) is 4.79 Å². The first-order valence-electron chi connectivity index (χ1n) is 6.77. The van der Waals surface area contributed by atoms with Gasteiger partial charge in [-0.3, -0.25) is 4.79 Å². The van der Waals surface area contributed by atoms with Crippen molar-refractivity contribution in [2.75, 3.05) is 13.1 Å². The van der Waals surface area contributed by atoms with Crippen molar-refractivity contribution in [2.45, 2.75) is 38.6 Å². The Hall–Kier alpha value is -1.06. The lowest BCUT2D eigenvalue weighted by Gasteiger charge is -2.26. The van der Waals surface area contributed by atoms with Crippen molar-refractivity contribution in [1.29, 1.82) is 0 Å². The Bertz CT molecular complexity index is 440. The molecule has 2 rings (SSSR count). The molecule has 0 bridgehead atoms. The number of benzene rings is 1. The van der Waals surface area contributed by atoms with Crippen LogP contribution < -0.4 is 5.73 Å². The highest BCUT2D eigenvalue weighted by Crippen LogP contribution is 2.50. The van der Waals surface area contributed by atoms with Crippen LogP contribution in [0.4, 0.5) is 0 Å². The zero-order valence-corrected chi connectivity index (χ0v) is 12.5. The normalized spacial score (nSPS) is 15.5. The summed E-state index contributed by atoms with van der Waals surface area (Å²) < 4.78 is 0. The summed E-state index contributed by atoms with van der Waals surface area (Å²) in [4.78, 5) is 14.6. The summed E-state index contributed by atoms with van der Waals surface area (Å²) in [6, 6.07) is 8.09. The van der Waals surface area contributed by atoms with Gasteiger partial charge in [-0.1, -0.05) is 24.3 Å². The molecule has 0 heterocycles. The fraction of sp³-hybridized carbons (Fsp3) is 0.533. The number of hydrogen-bond donors (Lipinski definition) is 1. The van der Waals surface area contributed by atoms with Crippen LogP contribution in [0.3, 0.4) is 0 Å². The van der Waals surface area contributed by atoms with E-state index < -0.39 is 0 Å². The van der Waals surface area contributed by atoms with Gasteiger partial charge >= 0.3 is 0 Å². The minimum absolute atomic E-state index is 0. The summed E-state index contributed by atoms with van der Waals surface area (Å²) in [6.45, 7) is 6.13. The molecule has 1 amide bonds. The monoisotopic (exact) mass is 282 g/mol. The average molecular weight is 283 g/mol. The predicted molar refractivity (Wildman–Crippen MR) is 80.4 cm³/mol. The fourth-order valence-corrected chi connectivity index (χ4v) is 2.70. The third-order valence-corrected chi connectivity index (χ3v) is 3.96. The molecule has 1 saturated carbocycles. The van der Waals surface area contributed by atoms with Crippen molar-refractivity contribution < 1.29 is 4.79 Å². The first-order chi connectivity index (χ1) is 8.69. The standard InChI is InChI=1S/C15H22N2O.ClH/c1-3-17(4-2)14(18)15(9-10-15)13-8-6-5-7-12(13)11-16;/h5-8H,3-4,9-11,16H2,1-2H3;1H. The maximum absolute atomic E-state index is 12.6. The second-order valence-corrected chi connectivity index (χ2v) is 4.92. The molecule has 1 aliphatic rings. The number of carbonyl (C=O) groups excluding carboxylic acids is 1. The Morgan fingerprint density at radius 1 is 1.26 bits per heavy atom. The third-order valence-electron chi connectivity index (χ3n) is 3.96. The van der Waals surface area contributed by atoms with Crippen molar-refractivity contribution in [3.8, 4) is 0 Å². The molecule has 2 N–H and O–H groups in total. The number of halogens is 1. The minimum Gasteiger partial charge on any atom is -0.342 e. The molecule has 19 heavy (non-hydrogen) atoms. The van der Waals surface area contributed by atoms with E-state index in [1.807, 2.05) is 36.9 Å². The van der Waals surface area contributed by atoms with E-state index in [1.54, 1.807) is 0 Å². The molecule has 1 aromatic rings. The van der Waals surface area contributed by atoms with E-state index in [0.717, 1.165) is 37.1 Å². The van der Waals surface area contributed by atoms with Gasteiger partial charge in [0.1, 0.15) is 0 Å². The molecular weight excluding hydrogens is 260 g/mol. The largest absolute Gasteiger partial charge is 0.342 e. The minimum atomic E-state index is -0.276. The van der Waals surface area contributed by atoms with Gasteiger partial charge in [-0.25, -0.2) is 0 Å². The van der Waals surface area contributed by atoms with Crippen molar-refractivity contribution in [3.05, 3.63) is 35.4 Å². The highest BCUT2D eigenvalue weighted by molar-refractivity contribution is 5.91. The topological polar surface area (TPSA) is 46.3 Å². The number of nitrogens with two attached hydrogens (primary N) is 1. The van der Waals surface area contributed by atoms with E-state index >= 15 is 0 Å². The van der Waals surface area contributed by atoms with Crippen LogP contribution in [0.25, 0.3) is 0 Å². The Kier molecular flexibility index (Phi) is 5.39. The van der Waals surface area contributed by atoms with E-state index in [1.165, 1.54) is 0 Å².